The summed E-state index contributed by atoms with van der Waals surface area (Å²) >= 11 is 3.23. The van der Waals surface area contributed by atoms with Gasteiger partial charge in [0.15, 0.2) is 10.4 Å². The Morgan fingerprint density at radius 3 is 2.81 bits per heavy atom. The summed E-state index contributed by atoms with van der Waals surface area (Å²) in [4.78, 5) is 11.9. The Morgan fingerprint density at radius 2 is 2.25 bits per heavy atom. The fourth-order valence-electron chi connectivity index (χ4n) is 2.08. The third kappa shape index (κ3) is 2.49. The number of hydrogen-bond acceptors (Lipinski definition) is 4. The van der Waals surface area contributed by atoms with Crippen LogP contribution in [0.25, 0.3) is 0 Å². The number of Topliss-reactive ketones (excluding diaryl/α,β-unsaturated/α-hetero) is 1. The fourth-order valence-corrected chi connectivity index (χ4v) is 2.63. The van der Waals surface area contributed by atoms with E-state index in [2.05, 4.69) is 31.6 Å². The van der Waals surface area contributed by atoms with Gasteiger partial charge in [-0.05, 0) is 28.8 Å². The quantitative estimate of drug-likeness (QED) is 0.848. The van der Waals surface area contributed by atoms with Crippen molar-refractivity contribution in [2.24, 2.45) is 7.05 Å². The highest BCUT2D eigenvalue weighted by Crippen LogP contribution is 2.18. The van der Waals surface area contributed by atoms with Gasteiger partial charge < -0.3 is 5.32 Å². The van der Waals surface area contributed by atoms with Crippen molar-refractivity contribution in [1.29, 1.82) is 0 Å². The van der Waals surface area contributed by atoms with Crippen molar-refractivity contribution in [3.8, 4) is 0 Å². The summed E-state index contributed by atoms with van der Waals surface area (Å²) in [6, 6.07) is 0.504. The fraction of sp³-hybridized carbons (Fsp3) is 0.700. The Morgan fingerprint density at radius 1 is 1.56 bits per heavy atom. The average molecular weight is 287 g/mol. The predicted molar refractivity (Wildman–Crippen MR) is 63.3 cm³/mol. The minimum Gasteiger partial charge on any atom is -0.307 e. The topological polar surface area (TPSA) is 59.8 Å². The van der Waals surface area contributed by atoms with Crippen LogP contribution in [0.5, 0.6) is 0 Å². The van der Waals surface area contributed by atoms with Gasteiger partial charge in [-0.3, -0.25) is 4.79 Å². The Labute approximate surface area is 103 Å². The smallest absolute Gasteiger partial charge is 0.197 e. The Kier molecular flexibility index (Phi) is 3.70. The molecule has 16 heavy (non-hydrogen) atoms. The molecule has 0 bridgehead atoms. The molecule has 0 radical (unpaired) electrons. The van der Waals surface area contributed by atoms with E-state index in [0.29, 0.717) is 22.9 Å². The summed E-state index contributed by atoms with van der Waals surface area (Å²) < 4.78 is 2.02. The van der Waals surface area contributed by atoms with E-state index in [1.165, 1.54) is 30.4 Å². The predicted octanol–water partition coefficient (Wildman–Crippen LogP) is 1.29. The van der Waals surface area contributed by atoms with Crippen molar-refractivity contribution >= 4 is 21.7 Å². The second kappa shape index (κ2) is 5.05. The largest absolute Gasteiger partial charge is 0.307 e. The molecule has 1 aromatic rings. The maximum Gasteiger partial charge on any atom is 0.197 e. The van der Waals surface area contributed by atoms with Gasteiger partial charge >= 0.3 is 0 Å². The molecule has 0 saturated heterocycles. The Hall–Kier alpha value is -0.750. The first-order valence-electron chi connectivity index (χ1n) is 5.50. The van der Waals surface area contributed by atoms with Crippen LogP contribution in [0.15, 0.2) is 4.60 Å². The van der Waals surface area contributed by atoms with Crippen molar-refractivity contribution in [3.05, 3.63) is 10.3 Å². The van der Waals surface area contributed by atoms with Crippen LogP contribution in [-0.4, -0.2) is 33.4 Å². The summed E-state index contributed by atoms with van der Waals surface area (Å²) in [5.41, 5.74) is 0.533. The molecule has 1 saturated carbocycles. The minimum absolute atomic E-state index is 0.0336. The zero-order valence-electron chi connectivity index (χ0n) is 9.24. The molecule has 0 aliphatic heterocycles. The molecule has 1 aliphatic rings. The average Bonchev–Trinajstić information content (AvgIpc) is 2.86. The summed E-state index contributed by atoms with van der Waals surface area (Å²) in [5, 5.41) is 10.9. The van der Waals surface area contributed by atoms with Gasteiger partial charge in [0, 0.05) is 13.1 Å². The number of carbonyl (C=O) groups excluding carboxylic acids is 1. The van der Waals surface area contributed by atoms with Gasteiger partial charge in [-0.2, -0.15) is 0 Å². The van der Waals surface area contributed by atoms with Gasteiger partial charge in [-0.25, -0.2) is 4.68 Å². The van der Waals surface area contributed by atoms with Crippen LogP contribution in [0.4, 0.5) is 0 Å². The molecule has 2 rings (SSSR count). The summed E-state index contributed by atoms with van der Waals surface area (Å²) in [5.74, 6) is 0.0336. The molecule has 0 amide bonds. The van der Waals surface area contributed by atoms with Crippen LogP contribution in [-0.2, 0) is 7.05 Å². The first-order chi connectivity index (χ1) is 7.68. The van der Waals surface area contributed by atoms with Crippen LogP contribution in [0.3, 0.4) is 0 Å². The van der Waals surface area contributed by atoms with E-state index < -0.39 is 0 Å². The normalized spacial score (nSPS) is 16.9. The van der Waals surface area contributed by atoms with Crippen molar-refractivity contribution in [2.75, 3.05) is 6.54 Å². The molecule has 0 atom stereocenters. The van der Waals surface area contributed by atoms with Crippen LogP contribution in [0.1, 0.15) is 36.2 Å². The van der Waals surface area contributed by atoms with Gasteiger partial charge in [-0.1, -0.05) is 18.1 Å². The number of rotatable bonds is 4. The lowest BCUT2D eigenvalue weighted by molar-refractivity contribution is 0.0977. The van der Waals surface area contributed by atoms with Crippen molar-refractivity contribution in [1.82, 2.24) is 20.3 Å². The molecule has 5 nitrogen and oxygen atoms in total. The highest BCUT2D eigenvalue weighted by Gasteiger charge is 2.19. The lowest BCUT2D eigenvalue weighted by Crippen LogP contribution is -2.32. The molecule has 0 aromatic carbocycles. The number of ketones is 1. The zero-order valence-corrected chi connectivity index (χ0v) is 10.8. The standard InChI is InChI=1S/C10H15BrN4O/c1-15-9(10(11)13-14-15)8(16)6-12-7-4-2-3-5-7/h7,12H,2-6H2,1H3. The van der Waals surface area contributed by atoms with E-state index in [4.69, 9.17) is 0 Å². The molecule has 88 valence electrons. The number of nitrogens with zero attached hydrogens (tertiary/aromatic N) is 3. The van der Waals surface area contributed by atoms with Gasteiger partial charge in [0.2, 0.25) is 0 Å². The van der Waals surface area contributed by atoms with Crippen molar-refractivity contribution < 1.29 is 4.79 Å². The third-order valence-electron chi connectivity index (χ3n) is 2.96. The zero-order chi connectivity index (χ0) is 11.5. The maximum absolute atomic E-state index is 11.9. The minimum atomic E-state index is 0.0336. The SMILES string of the molecule is Cn1nnc(Br)c1C(=O)CNC1CCCC1. The monoisotopic (exact) mass is 286 g/mol. The van der Waals surface area contributed by atoms with Crippen LogP contribution in [0, 0.1) is 0 Å². The van der Waals surface area contributed by atoms with E-state index in [1.54, 1.807) is 7.05 Å². The van der Waals surface area contributed by atoms with Gasteiger partial charge in [0.05, 0.1) is 6.54 Å². The molecular formula is C10H15BrN4O. The van der Waals surface area contributed by atoms with E-state index >= 15 is 0 Å². The third-order valence-corrected chi connectivity index (χ3v) is 3.49. The second-order valence-electron chi connectivity index (χ2n) is 4.14. The number of halogens is 1. The van der Waals surface area contributed by atoms with Gasteiger partial charge in [0.25, 0.3) is 0 Å². The molecule has 6 heteroatoms. The van der Waals surface area contributed by atoms with E-state index in [1.807, 2.05) is 0 Å². The number of hydrogen-bond donors (Lipinski definition) is 1. The summed E-state index contributed by atoms with van der Waals surface area (Å²) in [7, 11) is 1.72. The first-order valence-corrected chi connectivity index (χ1v) is 6.29. The van der Waals surface area contributed by atoms with E-state index in [0.717, 1.165) is 0 Å². The Bertz CT molecular complexity index is 365. The van der Waals surface area contributed by atoms with Crippen molar-refractivity contribution in [2.45, 2.75) is 31.7 Å². The molecule has 1 fully saturated rings. The van der Waals surface area contributed by atoms with Crippen molar-refractivity contribution in [3.63, 3.8) is 0 Å². The summed E-state index contributed by atoms with van der Waals surface area (Å²) in [6.07, 6.45) is 4.89. The van der Waals surface area contributed by atoms with E-state index in [9.17, 15) is 4.79 Å². The number of aryl methyl sites for hydroxylation is 1. The molecule has 0 spiro atoms. The lowest BCUT2D eigenvalue weighted by Gasteiger charge is -2.10. The van der Waals surface area contributed by atoms with Crippen LogP contribution in [0.2, 0.25) is 0 Å². The highest BCUT2D eigenvalue weighted by atomic mass is 79.9. The molecule has 1 aromatic heterocycles. The van der Waals surface area contributed by atoms with Crippen LogP contribution < -0.4 is 5.32 Å². The maximum atomic E-state index is 11.9. The number of carbonyl (C=O) groups is 1. The highest BCUT2D eigenvalue weighted by molar-refractivity contribution is 9.10. The number of aromatic nitrogens is 3. The summed E-state index contributed by atoms with van der Waals surface area (Å²) in [6.45, 7) is 0.366. The first kappa shape index (κ1) is 11.7. The van der Waals surface area contributed by atoms with E-state index in [-0.39, 0.29) is 5.78 Å². The second-order valence-corrected chi connectivity index (χ2v) is 4.89. The Balaban J connectivity index is 1.92. The molecular weight excluding hydrogens is 272 g/mol. The van der Waals surface area contributed by atoms with Gasteiger partial charge in [0.1, 0.15) is 5.69 Å². The molecule has 1 N–H and O–H groups in total. The van der Waals surface area contributed by atoms with Gasteiger partial charge in [-0.15, -0.1) is 5.10 Å². The lowest BCUT2D eigenvalue weighted by atomic mass is 10.2. The molecule has 1 aliphatic carbocycles. The molecule has 0 unspecified atom stereocenters. The molecule has 1 heterocycles. The van der Waals surface area contributed by atoms with Crippen LogP contribution >= 0.6 is 15.9 Å². The number of nitrogens with one attached hydrogen (secondary N) is 1.